The number of carbonyl (C=O) groups excluding carboxylic acids is 2. The van der Waals surface area contributed by atoms with Gasteiger partial charge in [0.25, 0.3) is 0 Å². The molecule has 2 fully saturated rings. The first kappa shape index (κ1) is 15.9. The third kappa shape index (κ3) is 2.15. The molecule has 0 aromatic carbocycles. The lowest BCUT2D eigenvalue weighted by Crippen LogP contribution is -2.50. The topological polar surface area (TPSA) is 47.1 Å². The lowest BCUT2D eigenvalue weighted by Gasteiger charge is -2.34. The Hall–Kier alpha value is -1.46. The molecule has 2 aliphatic rings. The van der Waals surface area contributed by atoms with Crippen molar-refractivity contribution in [3.05, 3.63) is 0 Å². The van der Waals surface area contributed by atoms with Crippen LogP contribution in [0.15, 0.2) is 0 Å². The molecule has 2 unspecified atom stereocenters. The molecule has 2 rings (SSSR count). The van der Waals surface area contributed by atoms with Crippen molar-refractivity contribution in [2.75, 3.05) is 19.6 Å². The number of fused-ring (bicyclic) bond motifs is 1. The van der Waals surface area contributed by atoms with Gasteiger partial charge in [-0.2, -0.15) is 0 Å². The number of urea groups is 2. The Labute approximate surface area is 127 Å². The molecule has 0 aromatic heterocycles. The highest BCUT2D eigenvalue weighted by atomic mass is 16.2. The van der Waals surface area contributed by atoms with Gasteiger partial charge in [0.1, 0.15) is 12.3 Å². The molecule has 2 aliphatic heterocycles. The predicted octanol–water partition coefficient (Wildman–Crippen LogP) is 2.36. The molecule has 4 amide bonds. The van der Waals surface area contributed by atoms with Crippen LogP contribution < -0.4 is 0 Å². The van der Waals surface area contributed by atoms with Gasteiger partial charge in [-0.3, -0.25) is 4.90 Å². The smallest absolute Gasteiger partial charge is 0.300 e. The molecule has 0 aliphatic carbocycles. The van der Waals surface area contributed by atoms with Gasteiger partial charge in [0.15, 0.2) is 0 Å². The lowest BCUT2D eigenvalue weighted by molar-refractivity contribution is 0.0973. The normalized spacial score (nSPS) is 25.6. The van der Waals surface area contributed by atoms with Crippen molar-refractivity contribution in [3.8, 4) is 0 Å². The number of nitrogens with zero attached hydrogens (tertiary/aromatic N) is 4. The summed E-state index contributed by atoms with van der Waals surface area (Å²) in [4.78, 5) is 32.9. The number of rotatable bonds is 6. The molecular formula is C15H28N4O2. The highest BCUT2D eigenvalue weighted by Crippen LogP contribution is 2.36. The highest BCUT2D eigenvalue weighted by Gasteiger charge is 2.58. The Kier molecular flexibility index (Phi) is 4.64. The molecule has 0 radical (unpaired) electrons. The summed E-state index contributed by atoms with van der Waals surface area (Å²) >= 11 is 0. The molecule has 6 heteroatoms. The summed E-state index contributed by atoms with van der Waals surface area (Å²) in [6, 6.07) is 0.322. The number of amides is 4. The summed E-state index contributed by atoms with van der Waals surface area (Å²) < 4.78 is 0. The van der Waals surface area contributed by atoms with Crippen molar-refractivity contribution in [1.82, 2.24) is 19.6 Å². The van der Waals surface area contributed by atoms with Crippen molar-refractivity contribution >= 4 is 12.1 Å². The summed E-state index contributed by atoms with van der Waals surface area (Å²) in [5.41, 5.74) is 0. The minimum atomic E-state index is -0.139. The standard InChI is InChI=1S/C15H28N4O2/c1-6-11(7-2)19-13-12(17(9-4)15(19)21)16(8-3)14(20)18(13)10-5/h11-13H,6-10H2,1-5H3. The van der Waals surface area contributed by atoms with Crippen molar-refractivity contribution in [2.45, 2.75) is 65.8 Å². The first-order chi connectivity index (χ1) is 10.1. The lowest BCUT2D eigenvalue weighted by atomic mass is 10.1. The van der Waals surface area contributed by atoms with Crippen LogP contribution in [-0.2, 0) is 0 Å². The van der Waals surface area contributed by atoms with E-state index in [1.165, 1.54) is 0 Å². The summed E-state index contributed by atoms with van der Waals surface area (Å²) in [6.07, 6.45) is 1.56. The highest BCUT2D eigenvalue weighted by molar-refractivity contribution is 5.85. The van der Waals surface area contributed by atoms with Gasteiger partial charge < -0.3 is 14.7 Å². The zero-order valence-electron chi connectivity index (χ0n) is 13.9. The fraction of sp³-hybridized carbons (Fsp3) is 0.867. The second-order valence-electron chi connectivity index (χ2n) is 5.63. The molecule has 21 heavy (non-hydrogen) atoms. The summed E-state index contributed by atoms with van der Waals surface area (Å²) in [6.45, 7) is 12.1. The van der Waals surface area contributed by atoms with E-state index in [4.69, 9.17) is 0 Å². The van der Waals surface area contributed by atoms with Crippen LogP contribution in [0.1, 0.15) is 47.5 Å². The predicted molar refractivity (Wildman–Crippen MR) is 81.7 cm³/mol. The SMILES string of the molecule is CCC(CC)N1C(=O)N(CC)C2C1N(CC)C(=O)N2CC. The Morgan fingerprint density at radius 1 is 0.762 bits per heavy atom. The molecular weight excluding hydrogens is 268 g/mol. The third-order valence-corrected chi connectivity index (χ3v) is 4.83. The largest absolute Gasteiger partial charge is 0.323 e. The molecule has 2 heterocycles. The quantitative estimate of drug-likeness (QED) is 0.755. The van der Waals surface area contributed by atoms with Gasteiger partial charge in [-0.25, -0.2) is 9.59 Å². The van der Waals surface area contributed by atoms with Crippen LogP contribution in [-0.4, -0.2) is 69.7 Å². The van der Waals surface area contributed by atoms with E-state index >= 15 is 0 Å². The second-order valence-corrected chi connectivity index (χ2v) is 5.63. The van der Waals surface area contributed by atoms with Crippen LogP contribution in [0.3, 0.4) is 0 Å². The van der Waals surface area contributed by atoms with E-state index in [-0.39, 0.29) is 30.4 Å². The van der Waals surface area contributed by atoms with Gasteiger partial charge in [-0.1, -0.05) is 13.8 Å². The maximum absolute atomic E-state index is 12.8. The van der Waals surface area contributed by atoms with E-state index in [1.807, 2.05) is 40.4 Å². The van der Waals surface area contributed by atoms with Crippen LogP contribution in [0, 0.1) is 0 Å². The van der Waals surface area contributed by atoms with Crippen molar-refractivity contribution < 1.29 is 9.59 Å². The Balaban J connectivity index is 2.45. The fourth-order valence-corrected chi connectivity index (χ4v) is 3.73. The first-order valence-corrected chi connectivity index (χ1v) is 8.23. The van der Waals surface area contributed by atoms with Crippen molar-refractivity contribution in [3.63, 3.8) is 0 Å². The van der Waals surface area contributed by atoms with Crippen LogP contribution >= 0.6 is 0 Å². The molecule has 2 saturated heterocycles. The molecule has 6 nitrogen and oxygen atoms in total. The molecule has 0 bridgehead atoms. The van der Waals surface area contributed by atoms with Crippen LogP contribution in [0.2, 0.25) is 0 Å². The Bertz CT molecular complexity index is 408. The molecule has 2 atom stereocenters. The average molecular weight is 296 g/mol. The van der Waals surface area contributed by atoms with Crippen LogP contribution in [0.4, 0.5) is 9.59 Å². The van der Waals surface area contributed by atoms with Crippen LogP contribution in [0.5, 0.6) is 0 Å². The van der Waals surface area contributed by atoms with E-state index in [0.29, 0.717) is 19.6 Å². The van der Waals surface area contributed by atoms with Crippen molar-refractivity contribution in [2.24, 2.45) is 0 Å². The minimum absolute atomic E-state index is 0.0527. The van der Waals surface area contributed by atoms with Gasteiger partial charge in [-0.15, -0.1) is 0 Å². The Morgan fingerprint density at radius 2 is 1.19 bits per heavy atom. The van der Waals surface area contributed by atoms with Gasteiger partial charge in [0.05, 0.1) is 0 Å². The molecule has 0 spiro atoms. The molecule has 120 valence electrons. The van der Waals surface area contributed by atoms with E-state index in [0.717, 1.165) is 12.8 Å². The van der Waals surface area contributed by atoms with Crippen LogP contribution in [0.25, 0.3) is 0 Å². The summed E-state index contributed by atoms with van der Waals surface area (Å²) in [7, 11) is 0. The summed E-state index contributed by atoms with van der Waals surface area (Å²) in [5, 5.41) is 0. The third-order valence-electron chi connectivity index (χ3n) is 4.83. The number of hydrogen-bond acceptors (Lipinski definition) is 2. The maximum Gasteiger partial charge on any atom is 0.323 e. The average Bonchev–Trinajstić information content (AvgIpc) is 2.91. The fourth-order valence-electron chi connectivity index (χ4n) is 3.73. The van der Waals surface area contributed by atoms with Crippen molar-refractivity contribution in [1.29, 1.82) is 0 Å². The summed E-state index contributed by atoms with van der Waals surface area (Å²) in [5.74, 6) is 0. The minimum Gasteiger partial charge on any atom is -0.300 e. The zero-order chi connectivity index (χ0) is 15.7. The number of likely N-dealkylation sites (N-methyl/N-ethyl adjacent to an activating group) is 3. The number of hydrogen-bond donors (Lipinski definition) is 0. The van der Waals surface area contributed by atoms with E-state index < -0.39 is 0 Å². The van der Waals surface area contributed by atoms with Gasteiger partial charge in [0.2, 0.25) is 0 Å². The Morgan fingerprint density at radius 3 is 1.62 bits per heavy atom. The van der Waals surface area contributed by atoms with Gasteiger partial charge in [-0.05, 0) is 33.6 Å². The molecule has 0 aromatic rings. The van der Waals surface area contributed by atoms with Gasteiger partial charge >= 0.3 is 12.1 Å². The molecule has 0 saturated carbocycles. The van der Waals surface area contributed by atoms with Gasteiger partial charge in [0, 0.05) is 25.7 Å². The maximum atomic E-state index is 12.8. The van der Waals surface area contributed by atoms with E-state index in [9.17, 15) is 9.59 Å². The molecule has 0 N–H and O–H groups in total. The zero-order valence-corrected chi connectivity index (χ0v) is 13.9. The van der Waals surface area contributed by atoms with E-state index in [2.05, 4.69) is 13.8 Å². The number of carbonyl (C=O) groups is 2. The first-order valence-electron chi connectivity index (χ1n) is 8.23. The second kappa shape index (κ2) is 6.12. The monoisotopic (exact) mass is 296 g/mol. The van der Waals surface area contributed by atoms with E-state index in [1.54, 1.807) is 0 Å².